The van der Waals surface area contributed by atoms with Crippen LogP contribution in [0.1, 0.15) is 34.3 Å². The predicted octanol–water partition coefficient (Wildman–Crippen LogP) is 2.21. The molecule has 1 aromatic heterocycles. The van der Waals surface area contributed by atoms with Crippen LogP contribution in [0.5, 0.6) is 5.75 Å². The van der Waals surface area contributed by atoms with Crippen LogP contribution in [0, 0.1) is 6.92 Å². The monoisotopic (exact) mass is 283 g/mol. The van der Waals surface area contributed by atoms with E-state index in [9.17, 15) is 4.79 Å². The van der Waals surface area contributed by atoms with Crippen molar-refractivity contribution in [1.29, 1.82) is 0 Å². The second-order valence-corrected chi connectivity index (χ2v) is 5.37. The summed E-state index contributed by atoms with van der Waals surface area (Å²) in [5, 5.41) is 10.8. The maximum Gasteiger partial charge on any atom is 0.255 e. The number of carbonyl (C=O) groups excluding carboxylic acids is 1. The van der Waals surface area contributed by atoms with Gasteiger partial charge in [-0.15, -0.1) is 0 Å². The van der Waals surface area contributed by atoms with Crippen LogP contribution in [0.15, 0.2) is 36.7 Å². The molecule has 5 nitrogen and oxygen atoms in total. The number of hydrogen-bond acceptors (Lipinski definition) is 4. The Morgan fingerprint density at radius 2 is 2.10 bits per heavy atom. The Kier molecular flexibility index (Phi) is 3.33. The van der Waals surface area contributed by atoms with Gasteiger partial charge in [-0.1, -0.05) is 6.07 Å². The van der Waals surface area contributed by atoms with E-state index in [1.54, 1.807) is 25.6 Å². The molecule has 1 fully saturated rings. The number of ether oxygens (including phenoxy) is 1. The molecule has 108 valence electrons. The molecule has 0 spiro atoms. The number of methoxy groups -OCH3 is 1. The number of benzene rings is 1. The molecule has 1 heterocycles. The molecule has 0 bridgehead atoms. The Morgan fingerprint density at radius 3 is 2.71 bits per heavy atom. The Bertz CT molecular complexity index is 666. The first kappa shape index (κ1) is 13.5. The molecule has 0 radical (unpaired) electrons. The van der Waals surface area contributed by atoms with E-state index in [-0.39, 0.29) is 11.4 Å². The molecule has 21 heavy (non-hydrogen) atoms. The summed E-state index contributed by atoms with van der Waals surface area (Å²) in [6.07, 6.45) is 5.19. The van der Waals surface area contributed by atoms with Crippen LogP contribution in [0.2, 0.25) is 0 Å². The summed E-state index contributed by atoms with van der Waals surface area (Å²) >= 11 is 0. The van der Waals surface area contributed by atoms with Crippen LogP contribution in [-0.4, -0.2) is 23.2 Å². The maximum atomic E-state index is 12.5. The van der Waals surface area contributed by atoms with Gasteiger partial charge in [0.05, 0.1) is 24.4 Å². The summed E-state index contributed by atoms with van der Waals surface area (Å²) in [6, 6.07) is 7.46. The van der Waals surface area contributed by atoms with Crippen LogP contribution in [0.3, 0.4) is 0 Å². The molecule has 1 amide bonds. The Morgan fingerprint density at radius 1 is 1.29 bits per heavy atom. The molecule has 1 aromatic carbocycles. The molecule has 0 saturated heterocycles. The summed E-state index contributed by atoms with van der Waals surface area (Å²) < 4.78 is 5.30. The lowest BCUT2D eigenvalue weighted by Gasteiger charge is -2.18. The zero-order valence-electron chi connectivity index (χ0n) is 12.1. The topological polar surface area (TPSA) is 64.1 Å². The van der Waals surface area contributed by atoms with Gasteiger partial charge in [0.15, 0.2) is 0 Å². The van der Waals surface area contributed by atoms with Gasteiger partial charge in [0, 0.05) is 6.20 Å². The van der Waals surface area contributed by atoms with Crippen molar-refractivity contribution in [2.24, 2.45) is 0 Å². The molecule has 1 aliphatic rings. The summed E-state index contributed by atoms with van der Waals surface area (Å²) in [7, 11) is 1.57. The van der Waals surface area contributed by atoms with Gasteiger partial charge in [-0.2, -0.15) is 10.2 Å². The van der Waals surface area contributed by atoms with Crippen LogP contribution < -0.4 is 10.1 Å². The highest BCUT2D eigenvalue weighted by Crippen LogP contribution is 2.45. The normalized spacial score (nSPS) is 15.3. The van der Waals surface area contributed by atoms with Crippen molar-refractivity contribution in [3.63, 3.8) is 0 Å². The van der Waals surface area contributed by atoms with Gasteiger partial charge in [0.25, 0.3) is 5.91 Å². The first-order valence-electron chi connectivity index (χ1n) is 6.89. The number of amides is 1. The molecule has 2 aromatic rings. The molecule has 0 atom stereocenters. The number of nitrogens with one attached hydrogen (secondary N) is 1. The predicted molar refractivity (Wildman–Crippen MR) is 78.1 cm³/mol. The molecule has 1 N–H and O–H groups in total. The number of rotatable bonds is 4. The molecule has 1 saturated carbocycles. The van der Waals surface area contributed by atoms with E-state index in [0.29, 0.717) is 11.3 Å². The van der Waals surface area contributed by atoms with Gasteiger partial charge in [-0.3, -0.25) is 4.79 Å². The van der Waals surface area contributed by atoms with Crippen molar-refractivity contribution < 1.29 is 9.53 Å². The average molecular weight is 283 g/mol. The third kappa shape index (κ3) is 2.59. The van der Waals surface area contributed by atoms with Crippen molar-refractivity contribution in [2.45, 2.75) is 25.3 Å². The minimum Gasteiger partial charge on any atom is -0.496 e. The molecule has 0 unspecified atom stereocenters. The van der Waals surface area contributed by atoms with Crippen molar-refractivity contribution in [2.75, 3.05) is 7.11 Å². The maximum absolute atomic E-state index is 12.5. The Hall–Kier alpha value is -2.43. The van der Waals surface area contributed by atoms with E-state index in [4.69, 9.17) is 4.74 Å². The number of carbonyl (C=O) groups is 1. The lowest BCUT2D eigenvalue weighted by atomic mass is 10.1. The molecule has 5 heteroatoms. The lowest BCUT2D eigenvalue weighted by molar-refractivity contribution is 0.0927. The highest BCUT2D eigenvalue weighted by molar-refractivity contribution is 5.97. The molecule has 0 aliphatic heterocycles. The molecular weight excluding hydrogens is 266 g/mol. The standard InChI is InChI=1S/C16H17N3O2/c1-11-3-4-13(14(9-11)21-2)15(20)19-16(6-7-16)12-5-8-17-18-10-12/h3-5,8-10H,6-7H2,1-2H3,(H,19,20). The van der Waals surface area contributed by atoms with Crippen molar-refractivity contribution >= 4 is 5.91 Å². The highest BCUT2D eigenvalue weighted by atomic mass is 16.5. The molecule has 3 rings (SSSR count). The first-order valence-corrected chi connectivity index (χ1v) is 6.89. The smallest absolute Gasteiger partial charge is 0.255 e. The van der Waals surface area contributed by atoms with Gasteiger partial charge >= 0.3 is 0 Å². The highest BCUT2D eigenvalue weighted by Gasteiger charge is 2.46. The first-order chi connectivity index (χ1) is 10.1. The van der Waals surface area contributed by atoms with Crippen molar-refractivity contribution in [3.05, 3.63) is 53.3 Å². The van der Waals surface area contributed by atoms with Crippen LogP contribution in [0.25, 0.3) is 0 Å². The number of hydrogen-bond donors (Lipinski definition) is 1. The quantitative estimate of drug-likeness (QED) is 0.934. The number of nitrogens with zero attached hydrogens (tertiary/aromatic N) is 2. The third-order valence-electron chi connectivity index (χ3n) is 3.84. The van der Waals surface area contributed by atoms with Gasteiger partial charge in [-0.05, 0) is 49.1 Å². The van der Waals surface area contributed by atoms with Gasteiger partial charge in [0.2, 0.25) is 0 Å². The average Bonchev–Trinajstić information content (AvgIpc) is 3.28. The second kappa shape index (κ2) is 5.16. The summed E-state index contributed by atoms with van der Waals surface area (Å²) in [4.78, 5) is 12.5. The van der Waals surface area contributed by atoms with E-state index in [0.717, 1.165) is 24.0 Å². The van der Waals surface area contributed by atoms with Gasteiger partial charge in [-0.25, -0.2) is 0 Å². The largest absolute Gasteiger partial charge is 0.496 e. The fraction of sp³-hybridized carbons (Fsp3) is 0.312. The van der Waals surface area contributed by atoms with Gasteiger partial charge in [0.1, 0.15) is 5.75 Å². The fourth-order valence-corrected chi connectivity index (χ4v) is 2.46. The number of aromatic nitrogens is 2. The van der Waals surface area contributed by atoms with Crippen LogP contribution >= 0.6 is 0 Å². The SMILES string of the molecule is COc1cc(C)ccc1C(=O)NC1(c2ccnnc2)CC1. The Balaban J connectivity index is 1.84. The molecule has 1 aliphatic carbocycles. The van der Waals surface area contributed by atoms with Crippen molar-refractivity contribution in [3.8, 4) is 5.75 Å². The minimum absolute atomic E-state index is 0.124. The fourth-order valence-electron chi connectivity index (χ4n) is 2.46. The second-order valence-electron chi connectivity index (χ2n) is 5.37. The van der Waals surface area contributed by atoms with Gasteiger partial charge < -0.3 is 10.1 Å². The summed E-state index contributed by atoms with van der Waals surface area (Å²) in [6.45, 7) is 1.97. The zero-order valence-corrected chi connectivity index (χ0v) is 12.1. The summed E-state index contributed by atoms with van der Waals surface area (Å²) in [5.41, 5.74) is 2.30. The van der Waals surface area contributed by atoms with Crippen molar-refractivity contribution in [1.82, 2.24) is 15.5 Å². The van der Waals surface area contributed by atoms with Crippen LogP contribution in [0.4, 0.5) is 0 Å². The number of aryl methyl sites for hydroxylation is 1. The lowest BCUT2D eigenvalue weighted by Crippen LogP contribution is -2.35. The zero-order chi connectivity index (χ0) is 14.9. The Labute approximate surface area is 123 Å². The summed E-state index contributed by atoms with van der Waals surface area (Å²) in [5.74, 6) is 0.470. The van der Waals surface area contributed by atoms with E-state index >= 15 is 0 Å². The van der Waals surface area contributed by atoms with E-state index in [1.807, 2.05) is 25.1 Å². The van der Waals surface area contributed by atoms with Crippen LogP contribution in [-0.2, 0) is 5.54 Å². The third-order valence-corrected chi connectivity index (χ3v) is 3.84. The molecular formula is C16H17N3O2. The van der Waals surface area contributed by atoms with E-state index in [1.165, 1.54) is 0 Å². The van der Waals surface area contributed by atoms with E-state index < -0.39 is 0 Å². The minimum atomic E-state index is -0.303. The van der Waals surface area contributed by atoms with E-state index in [2.05, 4.69) is 15.5 Å².